The van der Waals surface area contributed by atoms with Gasteiger partial charge in [0.1, 0.15) is 6.73 Å². The second-order valence-corrected chi connectivity index (χ2v) is 7.45. The average molecular weight is 219 g/mol. The molecule has 0 rings (SSSR count). The molecule has 0 aliphatic rings. The Morgan fingerprint density at radius 1 is 1.29 bits per heavy atom. The molecule has 0 unspecified atom stereocenters. The first kappa shape index (κ1) is 13.5. The molecular weight excluding hydrogens is 202 g/mol. The second kappa shape index (κ2) is 5.38. The SMILES string of the molecule is CO[Si](OC)(OCN=C=O)C(C)(C)C. The van der Waals surface area contributed by atoms with E-state index in [1.165, 1.54) is 20.3 Å². The van der Waals surface area contributed by atoms with Crippen LogP contribution in [0.25, 0.3) is 0 Å². The molecule has 0 aliphatic carbocycles. The van der Waals surface area contributed by atoms with Crippen molar-refractivity contribution < 1.29 is 18.1 Å². The zero-order valence-electron chi connectivity index (χ0n) is 9.29. The molecule has 0 spiro atoms. The van der Waals surface area contributed by atoms with Crippen molar-refractivity contribution in [2.75, 3.05) is 21.0 Å². The number of hydrogen-bond donors (Lipinski definition) is 0. The number of isocyanates is 1. The van der Waals surface area contributed by atoms with Gasteiger partial charge in [0.2, 0.25) is 6.08 Å². The number of rotatable bonds is 5. The number of nitrogens with zero attached hydrogens (tertiary/aromatic N) is 1. The molecule has 0 aromatic heterocycles. The zero-order valence-corrected chi connectivity index (χ0v) is 10.3. The van der Waals surface area contributed by atoms with Crippen molar-refractivity contribution in [3.8, 4) is 0 Å². The monoisotopic (exact) mass is 219 g/mol. The van der Waals surface area contributed by atoms with Crippen LogP contribution in [0, 0.1) is 0 Å². The van der Waals surface area contributed by atoms with Crippen LogP contribution in [0.1, 0.15) is 20.8 Å². The van der Waals surface area contributed by atoms with Crippen LogP contribution in [-0.4, -0.2) is 35.8 Å². The highest BCUT2D eigenvalue weighted by atomic mass is 28.4. The van der Waals surface area contributed by atoms with Crippen LogP contribution in [-0.2, 0) is 18.1 Å². The quantitative estimate of drug-likeness (QED) is 0.397. The number of aliphatic imine (C=N–C) groups is 1. The molecule has 0 aromatic rings. The van der Waals surface area contributed by atoms with Crippen LogP contribution in [0.2, 0.25) is 5.04 Å². The van der Waals surface area contributed by atoms with Crippen LogP contribution < -0.4 is 0 Å². The average Bonchev–Trinajstić information content (AvgIpc) is 2.11. The maximum atomic E-state index is 9.88. The predicted octanol–water partition coefficient (Wildman–Crippen LogP) is 1.33. The minimum Gasteiger partial charge on any atom is -0.376 e. The van der Waals surface area contributed by atoms with E-state index in [9.17, 15) is 4.79 Å². The molecule has 0 N–H and O–H groups in total. The first-order valence-corrected chi connectivity index (χ1v) is 5.94. The molecule has 0 fully saturated rings. The van der Waals surface area contributed by atoms with Crippen molar-refractivity contribution in [1.82, 2.24) is 0 Å². The maximum Gasteiger partial charge on any atom is 0.507 e. The second-order valence-electron chi connectivity index (χ2n) is 3.74. The fraction of sp³-hybridized carbons (Fsp3) is 0.875. The van der Waals surface area contributed by atoms with Crippen molar-refractivity contribution >= 4 is 14.9 Å². The molecule has 5 nitrogen and oxygen atoms in total. The Bertz CT molecular complexity index is 216. The minimum absolute atomic E-state index is 0.0747. The highest BCUT2D eigenvalue weighted by Gasteiger charge is 2.51. The van der Waals surface area contributed by atoms with Crippen molar-refractivity contribution in [3.05, 3.63) is 0 Å². The van der Waals surface area contributed by atoms with Crippen LogP contribution in [0.15, 0.2) is 4.99 Å². The highest BCUT2D eigenvalue weighted by Crippen LogP contribution is 2.37. The molecule has 0 saturated carbocycles. The van der Waals surface area contributed by atoms with Gasteiger partial charge in [0.25, 0.3) is 0 Å². The van der Waals surface area contributed by atoms with E-state index < -0.39 is 8.80 Å². The van der Waals surface area contributed by atoms with Crippen molar-refractivity contribution in [2.24, 2.45) is 4.99 Å². The van der Waals surface area contributed by atoms with Gasteiger partial charge in [-0.1, -0.05) is 20.8 Å². The summed E-state index contributed by atoms with van der Waals surface area (Å²) in [5.74, 6) is 0. The topological polar surface area (TPSA) is 57.1 Å². The van der Waals surface area contributed by atoms with Gasteiger partial charge in [-0.25, -0.2) is 4.79 Å². The molecule has 14 heavy (non-hydrogen) atoms. The Kier molecular flexibility index (Phi) is 5.18. The fourth-order valence-corrected chi connectivity index (χ4v) is 3.47. The van der Waals surface area contributed by atoms with Gasteiger partial charge in [-0.2, -0.15) is 4.99 Å². The first-order chi connectivity index (χ1) is 6.43. The van der Waals surface area contributed by atoms with E-state index in [1.54, 1.807) is 0 Å². The van der Waals surface area contributed by atoms with Gasteiger partial charge < -0.3 is 13.3 Å². The lowest BCUT2D eigenvalue weighted by atomic mass is 10.3. The molecule has 0 saturated heterocycles. The summed E-state index contributed by atoms with van der Waals surface area (Å²) >= 11 is 0. The molecule has 0 radical (unpaired) electrons. The summed E-state index contributed by atoms with van der Waals surface area (Å²) < 4.78 is 16.0. The lowest BCUT2D eigenvalue weighted by molar-refractivity contribution is 0.0790. The van der Waals surface area contributed by atoms with E-state index in [1.807, 2.05) is 20.8 Å². The lowest BCUT2D eigenvalue weighted by Crippen LogP contribution is -2.52. The van der Waals surface area contributed by atoms with E-state index in [2.05, 4.69) is 4.99 Å². The van der Waals surface area contributed by atoms with E-state index in [-0.39, 0.29) is 11.8 Å². The Labute approximate surface area is 85.4 Å². The smallest absolute Gasteiger partial charge is 0.376 e. The van der Waals surface area contributed by atoms with Crippen molar-refractivity contribution in [3.63, 3.8) is 0 Å². The normalized spacial score (nSPS) is 12.4. The first-order valence-electron chi connectivity index (χ1n) is 4.21. The third-order valence-electron chi connectivity index (χ3n) is 1.84. The van der Waals surface area contributed by atoms with Crippen LogP contribution in [0.4, 0.5) is 0 Å². The van der Waals surface area contributed by atoms with E-state index in [0.717, 1.165) is 0 Å². The maximum absolute atomic E-state index is 9.88. The van der Waals surface area contributed by atoms with Gasteiger partial charge in [-0.15, -0.1) is 0 Å². The summed E-state index contributed by atoms with van der Waals surface area (Å²) in [4.78, 5) is 13.2. The predicted molar refractivity (Wildman–Crippen MR) is 53.6 cm³/mol. The molecule has 82 valence electrons. The molecule has 0 amide bonds. The van der Waals surface area contributed by atoms with Crippen LogP contribution in [0.3, 0.4) is 0 Å². The molecule has 0 bridgehead atoms. The third kappa shape index (κ3) is 3.00. The Balaban J connectivity index is 4.62. The van der Waals surface area contributed by atoms with Crippen LogP contribution in [0.5, 0.6) is 0 Å². The highest BCUT2D eigenvalue weighted by molar-refractivity contribution is 6.63. The standard InChI is InChI=1S/C8H17NO4Si/c1-8(2,3)14(11-4,12-5)13-7-9-6-10/h7H2,1-5H3. The summed E-state index contributed by atoms with van der Waals surface area (Å²) in [6.07, 6.45) is 1.40. The largest absolute Gasteiger partial charge is 0.507 e. The molecule has 0 atom stereocenters. The molecule has 0 aromatic carbocycles. The van der Waals surface area contributed by atoms with Gasteiger partial charge in [0, 0.05) is 19.3 Å². The van der Waals surface area contributed by atoms with Gasteiger partial charge >= 0.3 is 8.80 Å². The zero-order chi connectivity index (χ0) is 11.2. The van der Waals surface area contributed by atoms with Gasteiger partial charge in [-0.05, 0) is 0 Å². The number of hydrogen-bond acceptors (Lipinski definition) is 5. The summed E-state index contributed by atoms with van der Waals surface area (Å²) in [5, 5.41) is -0.255. The van der Waals surface area contributed by atoms with Crippen molar-refractivity contribution in [1.29, 1.82) is 0 Å². The molecule has 6 heteroatoms. The van der Waals surface area contributed by atoms with Gasteiger partial charge in [0.15, 0.2) is 0 Å². The summed E-state index contributed by atoms with van der Waals surface area (Å²) in [5.41, 5.74) is 0. The minimum atomic E-state index is -2.75. The van der Waals surface area contributed by atoms with Gasteiger partial charge in [0.05, 0.1) is 0 Å². The van der Waals surface area contributed by atoms with Crippen molar-refractivity contribution in [2.45, 2.75) is 25.8 Å². The number of carbonyl (C=O) groups excluding carboxylic acids is 1. The lowest BCUT2D eigenvalue weighted by Gasteiger charge is -2.36. The fourth-order valence-electron chi connectivity index (χ4n) is 1.17. The van der Waals surface area contributed by atoms with Crippen LogP contribution >= 0.6 is 0 Å². The van der Waals surface area contributed by atoms with E-state index in [0.29, 0.717) is 0 Å². The molecular formula is C8H17NO4Si. The summed E-state index contributed by atoms with van der Waals surface area (Å²) in [7, 11) is 0.312. The Hall–Kier alpha value is -0.523. The summed E-state index contributed by atoms with van der Waals surface area (Å²) in [6, 6.07) is 0. The van der Waals surface area contributed by atoms with E-state index in [4.69, 9.17) is 13.3 Å². The Morgan fingerprint density at radius 3 is 2.07 bits per heavy atom. The summed E-state index contributed by atoms with van der Waals surface area (Å²) in [6.45, 7) is 5.79. The van der Waals surface area contributed by atoms with E-state index >= 15 is 0 Å². The molecule has 0 aliphatic heterocycles. The molecule has 0 heterocycles. The third-order valence-corrected chi connectivity index (χ3v) is 5.26. The van der Waals surface area contributed by atoms with Gasteiger partial charge in [-0.3, -0.25) is 0 Å². The Morgan fingerprint density at radius 2 is 1.79 bits per heavy atom.